The predicted octanol–water partition coefficient (Wildman–Crippen LogP) is 4.33. The number of thiocarbonyl (C=S) groups is 1. The van der Waals surface area contributed by atoms with Crippen LogP contribution < -0.4 is 15.5 Å². The highest BCUT2D eigenvalue weighted by molar-refractivity contribution is 7.80. The molecule has 29 heavy (non-hydrogen) atoms. The summed E-state index contributed by atoms with van der Waals surface area (Å²) in [6, 6.07) is 8.65. The van der Waals surface area contributed by atoms with E-state index in [2.05, 4.69) is 34.4 Å². The van der Waals surface area contributed by atoms with E-state index in [1.54, 1.807) is 0 Å². The van der Waals surface area contributed by atoms with Gasteiger partial charge in [-0.1, -0.05) is 26.0 Å². The van der Waals surface area contributed by atoms with Gasteiger partial charge in [0.05, 0.1) is 0 Å². The molecule has 0 bridgehead atoms. The van der Waals surface area contributed by atoms with Gasteiger partial charge in [-0.25, -0.2) is 9.37 Å². The van der Waals surface area contributed by atoms with Crippen LogP contribution in [0.2, 0.25) is 0 Å². The number of anilines is 2. The molecule has 0 spiro atoms. The second-order valence-corrected chi connectivity index (χ2v) is 8.56. The molecule has 7 heteroatoms. The number of aryl methyl sites for hydroxylation is 2. The number of rotatable bonds is 6. The lowest BCUT2D eigenvalue weighted by Crippen LogP contribution is -2.39. The summed E-state index contributed by atoms with van der Waals surface area (Å²) in [5.74, 6) is 2.60. The molecule has 1 aromatic heterocycles. The van der Waals surface area contributed by atoms with Gasteiger partial charge in [-0.2, -0.15) is 4.98 Å². The van der Waals surface area contributed by atoms with Gasteiger partial charge in [-0.05, 0) is 67.9 Å². The zero-order valence-corrected chi connectivity index (χ0v) is 18.2. The first-order chi connectivity index (χ1) is 13.9. The molecule has 0 amide bonds. The minimum atomic E-state index is -0.205. The van der Waals surface area contributed by atoms with Gasteiger partial charge in [0.25, 0.3) is 0 Å². The van der Waals surface area contributed by atoms with E-state index in [1.165, 1.54) is 18.6 Å². The summed E-state index contributed by atoms with van der Waals surface area (Å²) in [6.07, 6.45) is 3.03. The fourth-order valence-electron chi connectivity index (χ4n) is 3.91. The zero-order chi connectivity index (χ0) is 20.8. The molecule has 3 rings (SSSR count). The standard InChI is InChI=1S/C22H30FN5S/c1-15-11-16(2)14-28(13-15)20-12-17(3)25-21(26-20)27-22(29)24-10-4-5-18-6-8-19(23)9-7-18/h6-9,12,15-16H,4-5,10-11,13-14H2,1-3H3,(H2,24,25,26,27,29)/t15-,16-/m0/s1. The molecule has 1 aromatic carbocycles. The lowest BCUT2D eigenvalue weighted by atomic mass is 9.92. The molecule has 2 atom stereocenters. The average Bonchev–Trinajstić information content (AvgIpc) is 2.65. The van der Waals surface area contributed by atoms with Crippen LogP contribution in [0.15, 0.2) is 30.3 Å². The Hall–Kier alpha value is -2.28. The van der Waals surface area contributed by atoms with Crippen LogP contribution in [-0.4, -0.2) is 34.7 Å². The van der Waals surface area contributed by atoms with Crippen molar-refractivity contribution in [3.8, 4) is 0 Å². The van der Waals surface area contributed by atoms with E-state index in [0.717, 1.165) is 49.6 Å². The number of hydrogen-bond acceptors (Lipinski definition) is 4. The maximum atomic E-state index is 12.9. The van der Waals surface area contributed by atoms with Gasteiger partial charge >= 0.3 is 0 Å². The summed E-state index contributed by atoms with van der Waals surface area (Å²) in [5, 5.41) is 6.83. The Balaban J connectivity index is 1.50. The zero-order valence-electron chi connectivity index (χ0n) is 17.4. The predicted molar refractivity (Wildman–Crippen MR) is 121 cm³/mol. The van der Waals surface area contributed by atoms with Gasteiger partial charge in [0, 0.05) is 31.4 Å². The Labute approximate surface area is 178 Å². The van der Waals surface area contributed by atoms with Crippen molar-refractivity contribution in [2.24, 2.45) is 11.8 Å². The maximum Gasteiger partial charge on any atom is 0.231 e. The van der Waals surface area contributed by atoms with Gasteiger partial charge in [0.2, 0.25) is 5.95 Å². The van der Waals surface area contributed by atoms with Crippen LogP contribution in [0.25, 0.3) is 0 Å². The number of aromatic nitrogens is 2. The Bertz CT molecular complexity index is 816. The van der Waals surface area contributed by atoms with Crippen molar-refractivity contribution in [3.05, 3.63) is 47.4 Å². The summed E-state index contributed by atoms with van der Waals surface area (Å²) in [5.41, 5.74) is 2.03. The van der Waals surface area contributed by atoms with E-state index in [1.807, 2.05) is 25.1 Å². The average molecular weight is 416 g/mol. The molecule has 0 aliphatic carbocycles. The molecule has 0 radical (unpaired) electrons. The first-order valence-electron chi connectivity index (χ1n) is 10.3. The molecular weight excluding hydrogens is 385 g/mol. The van der Waals surface area contributed by atoms with Gasteiger partial charge in [-0.3, -0.25) is 0 Å². The van der Waals surface area contributed by atoms with Crippen molar-refractivity contribution in [2.75, 3.05) is 29.9 Å². The summed E-state index contributed by atoms with van der Waals surface area (Å²) < 4.78 is 12.9. The van der Waals surface area contributed by atoms with E-state index in [4.69, 9.17) is 17.2 Å². The van der Waals surface area contributed by atoms with Crippen molar-refractivity contribution in [3.63, 3.8) is 0 Å². The van der Waals surface area contributed by atoms with Crippen molar-refractivity contribution in [1.82, 2.24) is 15.3 Å². The maximum absolute atomic E-state index is 12.9. The number of halogens is 1. The number of piperidine rings is 1. The number of nitrogens with zero attached hydrogens (tertiary/aromatic N) is 3. The number of nitrogens with one attached hydrogen (secondary N) is 2. The summed E-state index contributed by atoms with van der Waals surface area (Å²) >= 11 is 5.40. The molecule has 1 aliphatic rings. The van der Waals surface area contributed by atoms with Crippen LogP contribution in [0.3, 0.4) is 0 Å². The second-order valence-electron chi connectivity index (χ2n) is 8.15. The molecule has 1 fully saturated rings. The van der Waals surface area contributed by atoms with E-state index < -0.39 is 0 Å². The molecule has 1 saturated heterocycles. The molecular formula is C22H30FN5S. The first kappa shape index (κ1) is 21.4. The van der Waals surface area contributed by atoms with Crippen LogP contribution in [0.4, 0.5) is 16.2 Å². The Morgan fingerprint density at radius 1 is 1.17 bits per heavy atom. The number of hydrogen-bond donors (Lipinski definition) is 2. The molecule has 1 aliphatic heterocycles. The van der Waals surface area contributed by atoms with Crippen molar-refractivity contribution in [2.45, 2.75) is 40.0 Å². The van der Waals surface area contributed by atoms with Crippen LogP contribution in [-0.2, 0) is 6.42 Å². The largest absolute Gasteiger partial charge is 0.362 e. The van der Waals surface area contributed by atoms with E-state index in [-0.39, 0.29) is 5.82 Å². The van der Waals surface area contributed by atoms with Gasteiger partial charge in [0.15, 0.2) is 5.11 Å². The van der Waals surface area contributed by atoms with Crippen LogP contribution >= 0.6 is 12.2 Å². The Morgan fingerprint density at radius 3 is 2.55 bits per heavy atom. The monoisotopic (exact) mass is 415 g/mol. The topological polar surface area (TPSA) is 53.1 Å². The molecule has 0 saturated carbocycles. The lowest BCUT2D eigenvalue weighted by Gasteiger charge is -2.36. The lowest BCUT2D eigenvalue weighted by molar-refractivity contribution is 0.355. The van der Waals surface area contributed by atoms with E-state index in [9.17, 15) is 4.39 Å². The third kappa shape index (κ3) is 6.63. The van der Waals surface area contributed by atoms with Crippen molar-refractivity contribution >= 4 is 29.1 Å². The molecule has 156 valence electrons. The van der Waals surface area contributed by atoms with Crippen LogP contribution in [0, 0.1) is 24.6 Å². The Morgan fingerprint density at radius 2 is 1.86 bits per heavy atom. The van der Waals surface area contributed by atoms with E-state index in [0.29, 0.717) is 22.9 Å². The van der Waals surface area contributed by atoms with Crippen molar-refractivity contribution < 1.29 is 4.39 Å². The summed E-state index contributed by atoms with van der Waals surface area (Å²) in [7, 11) is 0. The van der Waals surface area contributed by atoms with Crippen LogP contribution in [0.1, 0.15) is 37.9 Å². The quantitative estimate of drug-likeness (QED) is 0.541. The highest BCUT2D eigenvalue weighted by Gasteiger charge is 2.23. The number of benzene rings is 1. The molecule has 2 heterocycles. The third-order valence-corrected chi connectivity index (χ3v) is 5.35. The van der Waals surface area contributed by atoms with Gasteiger partial charge < -0.3 is 15.5 Å². The highest BCUT2D eigenvalue weighted by Crippen LogP contribution is 2.26. The van der Waals surface area contributed by atoms with Crippen molar-refractivity contribution in [1.29, 1.82) is 0 Å². The summed E-state index contributed by atoms with van der Waals surface area (Å²) in [4.78, 5) is 11.5. The molecule has 0 unspecified atom stereocenters. The SMILES string of the molecule is Cc1cc(N2C[C@@H](C)C[C@H](C)C2)nc(NC(=S)NCCCc2ccc(F)cc2)n1. The third-order valence-electron chi connectivity index (χ3n) is 5.10. The minimum absolute atomic E-state index is 0.205. The molecule has 5 nitrogen and oxygen atoms in total. The smallest absolute Gasteiger partial charge is 0.231 e. The normalized spacial score (nSPS) is 19.1. The second kappa shape index (κ2) is 9.96. The van der Waals surface area contributed by atoms with Gasteiger partial charge in [-0.15, -0.1) is 0 Å². The Kier molecular flexibility index (Phi) is 7.36. The van der Waals surface area contributed by atoms with Gasteiger partial charge in [0.1, 0.15) is 11.6 Å². The van der Waals surface area contributed by atoms with E-state index >= 15 is 0 Å². The molecule has 2 N–H and O–H groups in total. The minimum Gasteiger partial charge on any atom is -0.362 e. The first-order valence-corrected chi connectivity index (χ1v) is 10.7. The highest BCUT2D eigenvalue weighted by atomic mass is 32.1. The molecule has 2 aromatic rings. The fourth-order valence-corrected chi connectivity index (χ4v) is 4.10. The summed E-state index contributed by atoms with van der Waals surface area (Å²) in [6.45, 7) is 9.33. The fraction of sp³-hybridized carbons (Fsp3) is 0.500. The van der Waals surface area contributed by atoms with Crippen LogP contribution in [0.5, 0.6) is 0 Å².